The molecular formula is C16H30N4O. The molecule has 1 saturated heterocycles. The van der Waals surface area contributed by atoms with Gasteiger partial charge in [-0.3, -0.25) is 4.68 Å². The quantitative estimate of drug-likeness (QED) is 0.740. The molecule has 5 heteroatoms. The monoisotopic (exact) mass is 294 g/mol. The summed E-state index contributed by atoms with van der Waals surface area (Å²) in [5.41, 5.74) is 1.63. The highest BCUT2D eigenvalue weighted by molar-refractivity contribution is 5.03. The maximum atomic E-state index is 5.57. The Morgan fingerprint density at radius 2 is 2.19 bits per heavy atom. The molecule has 1 aliphatic rings. The molecule has 1 aliphatic heterocycles. The second-order valence-corrected chi connectivity index (χ2v) is 6.48. The van der Waals surface area contributed by atoms with Crippen LogP contribution in [-0.4, -0.2) is 54.6 Å². The van der Waals surface area contributed by atoms with Gasteiger partial charge in [-0.1, -0.05) is 6.92 Å². The van der Waals surface area contributed by atoms with Crippen molar-refractivity contribution >= 4 is 0 Å². The normalized spacial score (nSPS) is 18.3. The number of ether oxygens (including phenoxy) is 1. The lowest BCUT2D eigenvalue weighted by Crippen LogP contribution is -2.46. The van der Waals surface area contributed by atoms with Crippen LogP contribution < -0.4 is 5.32 Å². The molecule has 0 amide bonds. The van der Waals surface area contributed by atoms with Gasteiger partial charge in [0.2, 0.25) is 0 Å². The predicted octanol–water partition coefficient (Wildman–Crippen LogP) is 1.65. The molecule has 1 fully saturated rings. The van der Waals surface area contributed by atoms with Gasteiger partial charge < -0.3 is 15.0 Å². The zero-order chi connectivity index (χ0) is 15.1. The maximum absolute atomic E-state index is 5.57. The van der Waals surface area contributed by atoms with E-state index in [-0.39, 0.29) is 0 Å². The molecular weight excluding hydrogens is 264 g/mol. The summed E-state index contributed by atoms with van der Waals surface area (Å²) in [7, 11) is 4.18. The lowest BCUT2D eigenvalue weighted by Gasteiger charge is -2.40. The molecule has 2 heterocycles. The van der Waals surface area contributed by atoms with Crippen LogP contribution in [-0.2, 0) is 18.3 Å². The van der Waals surface area contributed by atoms with Crippen molar-refractivity contribution < 1.29 is 4.74 Å². The standard InChI is InChI=1S/C16H30N4O/c1-4-7-17-13-16(5-8-21-9-6-16)14-19(2)11-15-10-18-20(3)12-15/h10,12,17H,4-9,11,13-14H2,1-3H3. The molecule has 0 aromatic carbocycles. The molecule has 21 heavy (non-hydrogen) atoms. The third-order valence-corrected chi connectivity index (χ3v) is 4.30. The van der Waals surface area contributed by atoms with Crippen LogP contribution in [0.4, 0.5) is 0 Å². The van der Waals surface area contributed by atoms with Crippen LogP contribution in [0.5, 0.6) is 0 Å². The Morgan fingerprint density at radius 1 is 1.43 bits per heavy atom. The van der Waals surface area contributed by atoms with Crippen molar-refractivity contribution in [2.75, 3.05) is 39.9 Å². The number of aromatic nitrogens is 2. The Kier molecular flexibility index (Phi) is 6.21. The van der Waals surface area contributed by atoms with Crippen molar-refractivity contribution in [3.8, 4) is 0 Å². The van der Waals surface area contributed by atoms with Crippen molar-refractivity contribution in [1.29, 1.82) is 0 Å². The molecule has 120 valence electrons. The minimum atomic E-state index is 0.352. The van der Waals surface area contributed by atoms with Gasteiger partial charge in [-0.15, -0.1) is 0 Å². The van der Waals surface area contributed by atoms with E-state index in [2.05, 4.69) is 35.5 Å². The number of rotatable bonds is 8. The SMILES string of the molecule is CCCNCC1(CN(C)Cc2cnn(C)c2)CCOCC1. The van der Waals surface area contributed by atoms with Gasteiger partial charge in [0, 0.05) is 51.7 Å². The fourth-order valence-corrected chi connectivity index (χ4v) is 3.22. The largest absolute Gasteiger partial charge is 0.381 e. The van der Waals surface area contributed by atoms with Gasteiger partial charge >= 0.3 is 0 Å². The van der Waals surface area contributed by atoms with Gasteiger partial charge in [-0.05, 0) is 38.3 Å². The first-order valence-corrected chi connectivity index (χ1v) is 8.08. The average Bonchev–Trinajstić information content (AvgIpc) is 2.85. The summed E-state index contributed by atoms with van der Waals surface area (Å²) in [5, 5.41) is 7.87. The highest BCUT2D eigenvalue weighted by Gasteiger charge is 2.33. The van der Waals surface area contributed by atoms with Gasteiger partial charge in [0.1, 0.15) is 0 Å². The third kappa shape index (κ3) is 5.09. The van der Waals surface area contributed by atoms with E-state index in [0.29, 0.717) is 5.41 Å². The highest BCUT2D eigenvalue weighted by Crippen LogP contribution is 2.31. The van der Waals surface area contributed by atoms with Crippen molar-refractivity contribution in [1.82, 2.24) is 20.0 Å². The summed E-state index contributed by atoms with van der Waals surface area (Å²) in [4.78, 5) is 2.43. The summed E-state index contributed by atoms with van der Waals surface area (Å²) in [6, 6.07) is 0. The van der Waals surface area contributed by atoms with Gasteiger partial charge in [-0.25, -0.2) is 0 Å². The molecule has 1 aromatic rings. The number of nitrogens with one attached hydrogen (secondary N) is 1. The number of hydrogen-bond acceptors (Lipinski definition) is 4. The van der Waals surface area contributed by atoms with E-state index in [1.54, 1.807) is 0 Å². The van der Waals surface area contributed by atoms with Crippen LogP contribution in [0.3, 0.4) is 0 Å². The predicted molar refractivity (Wildman–Crippen MR) is 85.2 cm³/mol. The fourth-order valence-electron chi connectivity index (χ4n) is 3.22. The second-order valence-electron chi connectivity index (χ2n) is 6.48. The number of nitrogens with zero attached hydrogens (tertiary/aromatic N) is 3. The smallest absolute Gasteiger partial charge is 0.0534 e. The van der Waals surface area contributed by atoms with Gasteiger partial charge in [0.15, 0.2) is 0 Å². The van der Waals surface area contributed by atoms with E-state index in [1.165, 1.54) is 12.0 Å². The van der Waals surface area contributed by atoms with E-state index < -0.39 is 0 Å². The van der Waals surface area contributed by atoms with Crippen LogP contribution in [0.25, 0.3) is 0 Å². The maximum Gasteiger partial charge on any atom is 0.0534 e. The van der Waals surface area contributed by atoms with Crippen LogP contribution in [0.1, 0.15) is 31.7 Å². The molecule has 0 atom stereocenters. The molecule has 2 rings (SSSR count). The molecule has 1 aromatic heterocycles. The summed E-state index contributed by atoms with van der Waals surface area (Å²) in [6.07, 6.45) is 7.56. The lowest BCUT2D eigenvalue weighted by atomic mass is 9.79. The first-order chi connectivity index (χ1) is 10.1. The molecule has 0 unspecified atom stereocenters. The molecule has 0 spiro atoms. The summed E-state index contributed by atoms with van der Waals surface area (Å²) in [5.74, 6) is 0. The number of aryl methyl sites for hydroxylation is 1. The molecule has 0 aliphatic carbocycles. The Bertz CT molecular complexity index is 412. The molecule has 5 nitrogen and oxygen atoms in total. The van der Waals surface area contributed by atoms with Crippen molar-refractivity contribution in [3.63, 3.8) is 0 Å². The molecule has 0 radical (unpaired) electrons. The highest BCUT2D eigenvalue weighted by atomic mass is 16.5. The Labute approximate surface area is 128 Å². The summed E-state index contributed by atoms with van der Waals surface area (Å²) in [6.45, 7) is 8.30. The van der Waals surface area contributed by atoms with E-state index in [4.69, 9.17) is 4.74 Å². The zero-order valence-corrected chi connectivity index (χ0v) is 13.8. The number of hydrogen-bond donors (Lipinski definition) is 1. The van der Waals surface area contributed by atoms with Gasteiger partial charge in [0.25, 0.3) is 0 Å². The van der Waals surface area contributed by atoms with E-state index in [1.807, 2.05) is 17.9 Å². The van der Waals surface area contributed by atoms with Crippen LogP contribution in [0.2, 0.25) is 0 Å². The first kappa shape index (κ1) is 16.5. The average molecular weight is 294 g/mol. The fraction of sp³-hybridized carbons (Fsp3) is 0.812. The van der Waals surface area contributed by atoms with Gasteiger partial charge in [-0.2, -0.15) is 5.10 Å². The molecule has 0 saturated carbocycles. The van der Waals surface area contributed by atoms with Crippen molar-refractivity contribution in [2.24, 2.45) is 12.5 Å². The van der Waals surface area contributed by atoms with E-state index in [9.17, 15) is 0 Å². The Hall–Kier alpha value is -0.910. The van der Waals surface area contributed by atoms with Gasteiger partial charge in [0.05, 0.1) is 6.20 Å². The van der Waals surface area contributed by atoms with Crippen LogP contribution >= 0.6 is 0 Å². The topological polar surface area (TPSA) is 42.3 Å². The lowest BCUT2D eigenvalue weighted by molar-refractivity contribution is -0.00154. The summed E-state index contributed by atoms with van der Waals surface area (Å²) < 4.78 is 7.45. The Balaban J connectivity index is 1.90. The minimum absolute atomic E-state index is 0.352. The molecule has 0 bridgehead atoms. The minimum Gasteiger partial charge on any atom is -0.381 e. The summed E-state index contributed by atoms with van der Waals surface area (Å²) >= 11 is 0. The zero-order valence-electron chi connectivity index (χ0n) is 13.8. The third-order valence-electron chi connectivity index (χ3n) is 4.30. The first-order valence-electron chi connectivity index (χ1n) is 8.08. The van der Waals surface area contributed by atoms with Crippen LogP contribution in [0.15, 0.2) is 12.4 Å². The van der Waals surface area contributed by atoms with Crippen LogP contribution in [0, 0.1) is 5.41 Å². The second kappa shape index (κ2) is 7.92. The Morgan fingerprint density at radius 3 is 2.81 bits per heavy atom. The van der Waals surface area contributed by atoms with Crippen molar-refractivity contribution in [2.45, 2.75) is 32.7 Å². The molecule has 1 N–H and O–H groups in total. The van der Waals surface area contributed by atoms with E-state index >= 15 is 0 Å². The van der Waals surface area contributed by atoms with E-state index in [0.717, 1.165) is 52.2 Å². The van der Waals surface area contributed by atoms with Crippen molar-refractivity contribution in [3.05, 3.63) is 18.0 Å².